The molecule has 1 N–H and O–H groups in total. The van der Waals surface area contributed by atoms with E-state index in [0.717, 1.165) is 17.4 Å². The van der Waals surface area contributed by atoms with Gasteiger partial charge < -0.3 is 14.2 Å². The standard InChI is InChI=1S/C12H17BrN4O2.C11H15BrN4O3/c1-4-6-7-17-10(18)8-9(15(3)12(17)19)14-11(13)16(8)5-2;1-3-15-7-8(13-10(15)12)14(2)11(19)16(9(7)18)5-4-6-17/h4-7H2,1-3H3;17H,3-6H2,1-2H3. The van der Waals surface area contributed by atoms with Crippen molar-refractivity contribution in [2.24, 2.45) is 14.1 Å². The lowest BCUT2D eigenvalue weighted by Crippen LogP contribution is -2.39. The largest absolute Gasteiger partial charge is 0.396 e. The minimum atomic E-state index is -0.417. The van der Waals surface area contributed by atoms with Crippen LogP contribution in [0.15, 0.2) is 28.6 Å². The van der Waals surface area contributed by atoms with Gasteiger partial charge in [-0.1, -0.05) is 13.3 Å². The first-order chi connectivity index (χ1) is 18.0. The SMILES string of the molecule is CCCCn1c(=O)c2c(nc(Br)n2CC)n(C)c1=O.CCn1c(Br)nc2c1c(=O)n(CCCO)c(=O)n2C. The predicted molar refractivity (Wildman–Crippen MR) is 152 cm³/mol. The van der Waals surface area contributed by atoms with E-state index >= 15 is 0 Å². The molecule has 0 aliphatic rings. The third kappa shape index (κ3) is 5.23. The molecule has 0 aliphatic carbocycles. The molecule has 4 aromatic rings. The molecule has 13 nitrogen and oxygen atoms in total. The molecule has 38 heavy (non-hydrogen) atoms. The Morgan fingerprint density at radius 2 is 1.08 bits per heavy atom. The van der Waals surface area contributed by atoms with Gasteiger partial charge >= 0.3 is 11.4 Å². The normalized spacial score (nSPS) is 11.4. The number of aromatic nitrogens is 8. The van der Waals surface area contributed by atoms with Crippen molar-refractivity contribution < 1.29 is 5.11 Å². The van der Waals surface area contributed by atoms with Crippen LogP contribution in [0.1, 0.15) is 40.0 Å². The zero-order chi connectivity index (χ0) is 28.3. The molecule has 0 spiro atoms. The molecule has 0 atom stereocenters. The number of halogens is 2. The number of fused-ring (bicyclic) bond motifs is 2. The van der Waals surface area contributed by atoms with E-state index in [0.29, 0.717) is 57.9 Å². The van der Waals surface area contributed by atoms with Crippen molar-refractivity contribution in [1.82, 2.24) is 37.4 Å². The van der Waals surface area contributed by atoms with Gasteiger partial charge in [-0.15, -0.1) is 0 Å². The number of aryl methyl sites for hydroxylation is 4. The lowest BCUT2D eigenvalue weighted by atomic mass is 10.3. The van der Waals surface area contributed by atoms with E-state index in [1.54, 1.807) is 23.2 Å². The fraction of sp³-hybridized carbons (Fsp3) is 0.565. The van der Waals surface area contributed by atoms with Crippen molar-refractivity contribution >= 4 is 54.2 Å². The molecule has 4 heterocycles. The zero-order valence-corrected chi connectivity index (χ0v) is 25.2. The highest BCUT2D eigenvalue weighted by Gasteiger charge is 2.19. The Morgan fingerprint density at radius 3 is 1.42 bits per heavy atom. The summed E-state index contributed by atoms with van der Waals surface area (Å²) >= 11 is 6.62. The third-order valence-electron chi connectivity index (χ3n) is 6.28. The summed E-state index contributed by atoms with van der Waals surface area (Å²) in [7, 11) is 3.23. The van der Waals surface area contributed by atoms with Gasteiger partial charge in [-0.05, 0) is 58.5 Å². The minimum absolute atomic E-state index is 0.0651. The second kappa shape index (κ2) is 12.4. The molecule has 0 saturated carbocycles. The summed E-state index contributed by atoms with van der Waals surface area (Å²) in [5.41, 5.74) is 0.319. The van der Waals surface area contributed by atoms with Crippen LogP contribution in [0.2, 0.25) is 0 Å². The van der Waals surface area contributed by atoms with Crippen molar-refractivity contribution in [3.05, 3.63) is 51.1 Å². The fourth-order valence-corrected chi connectivity index (χ4v) is 5.40. The Hall–Kier alpha value is -2.78. The average molecular weight is 660 g/mol. The van der Waals surface area contributed by atoms with E-state index in [2.05, 4.69) is 41.8 Å². The van der Waals surface area contributed by atoms with E-state index in [1.807, 2.05) is 20.8 Å². The zero-order valence-electron chi connectivity index (χ0n) is 22.1. The summed E-state index contributed by atoms with van der Waals surface area (Å²) in [5.74, 6) is 0. The molecule has 0 radical (unpaired) electrons. The molecule has 0 bridgehead atoms. The molecule has 0 saturated heterocycles. The van der Waals surface area contributed by atoms with Crippen LogP contribution < -0.4 is 22.5 Å². The molecule has 4 rings (SSSR count). The number of hydrogen-bond acceptors (Lipinski definition) is 7. The van der Waals surface area contributed by atoms with Crippen LogP contribution in [-0.4, -0.2) is 49.1 Å². The van der Waals surface area contributed by atoms with Gasteiger partial charge in [0.05, 0.1) is 0 Å². The van der Waals surface area contributed by atoms with Crippen LogP contribution in [0.5, 0.6) is 0 Å². The second-order valence-corrected chi connectivity index (χ2v) is 10.0. The van der Waals surface area contributed by atoms with Gasteiger partial charge in [0.2, 0.25) is 0 Å². The van der Waals surface area contributed by atoms with Crippen molar-refractivity contribution in [2.75, 3.05) is 6.61 Å². The number of imidazole rings is 2. The molecular formula is C23H32Br2N8O5. The second-order valence-electron chi connectivity index (χ2n) is 8.62. The maximum atomic E-state index is 12.5. The Morgan fingerprint density at radius 1 is 0.684 bits per heavy atom. The molecule has 0 aromatic carbocycles. The predicted octanol–water partition coefficient (Wildman–Crippen LogP) is 1.54. The first-order valence-corrected chi connectivity index (χ1v) is 14.0. The van der Waals surface area contributed by atoms with Gasteiger partial charge in [0.15, 0.2) is 31.8 Å². The third-order valence-corrected chi connectivity index (χ3v) is 7.49. The van der Waals surface area contributed by atoms with Crippen molar-refractivity contribution in [3.8, 4) is 0 Å². The Kier molecular flexibility index (Phi) is 9.70. The quantitative estimate of drug-likeness (QED) is 0.283. The number of hydrogen-bond donors (Lipinski definition) is 1. The number of rotatable bonds is 8. The van der Waals surface area contributed by atoms with Crippen LogP contribution >= 0.6 is 31.9 Å². The van der Waals surface area contributed by atoms with Gasteiger partial charge in [-0.25, -0.2) is 19.6 Å². The van der Waals surface area contributed by atoms with Crippen LogP contribution in [0.25, 0.3) is 22.3 Å². The van der Waals surface area contributed by atoms with E-state index in [9.17, 15) is 19.2 Å². The maximum Gasteiger partial charge on any atom is 0.332 e. The first-order valence-electron chi connectivity index (χ1n) is 12.4. The van der Waals surface area contributed by atoms with Crippen LogP contribution in [0, 0.1) is 0 Å². The highest BCUT2D eigenvalue weighted by Crippen LogP contribution is 2.16. The van der Waals surface area contributed by atoms with Gasteiger partial charge in [-0.2, -0.15) is 0 Å². The van der Waals surface area contributed by atoms with Crippen LogP contribution in [-0.2, 0) is 40.3 Å². The Bertz CT molecular complexity index is 1580. The van der Waals surface area contributed by atoms with Gasteiger partial charge in [-0.3, -0.25) is 27.9 Å². The lowest BCUT2D eigenvalue weighted by molar-refractivity contribution is 0.277. The van der Waals surface area contributed by atoms with Gasteiger partial charge in [0.1, 0.15) is 0 Å². The number of aliphatic hydroxyl groups excluding tert-OH is 1. The summed E-state index contributed by atoms with van der Waals surface area (Å²) in [6, 6.07) is 0. The van der Waals surface area contributed by atoms with E-state index in [4.69, 9.17) is 5.11 Å². The lowest BCUT2D eigenvalue weighted by Gasteiger charge is -2.08. The Balaban J connectivity index is 0.000000211. The summed E-state index contributed by atoms with van der Waals surface area (Å²) in [4.78, 5) is 57.6. The summed E-state index contributed by atoms with van der Waals surface area (Å²) in [6.07, 6.45) is 2.11. The molecule has 4 aromatic heterocycles. The van der Waals surface area contributed by atoms with Crippen molar-refractivity contribution in [2.45, 2.75) is 66.2 Å². The molecular weight excluding hydrogens is 628 g/mol. The van der Waals surface area contributed by atoms with Gasteiger partial charge in [0.25, 0.3) is 11.1 Å². The number of aliphatic hydroxyl groups is 1. The topological polar surface area (TPSA) is 144 Å². The first kappa shape index (κ1) is 29.8. The molecule has 0 fully saturated rings. The molecule has 0 unspecified atom stereocenters. The van der Waals surface area contributed by atoms with E-state index in [-0.39, 0.29) is 30.0 Å². The smallest absolute Gasteiger partial charge is 0.332 e. The van der Waals surface area contributed by atoms with Gasteiger partial charge in [0, 0.05) is 46.9 Å². The molecule has 208 valence electrons. The summed E-state index contributed by atoms with van der Waals surface area (Å²) in [5, 5.41) is 8.85. The molecule has 0 aliphatic heterocycles. The number of nitrogens with zero attached hydrogens (tertiary/aromatic N) is 8. The highest BCUT2D eigenvalue weighted by atomic mass is 79.9. The van der Waals surface area contributed by atoms with E-state index < -0.39 is 5.69 Å². The monoisotopic (exact) mass is 658 g/mol. The van der Waals surface area contributed by atoms with Crippen LogP contribution in [0.4, 0.5) is 0 Å². The van der Waals surface area contributed by atoms with E-state index in [1.165, 1.54) is 13.7 Å². The minimum Gasteiger partial charge on any atom is -0.396 e. The number of unbranched alkanes of at least 4 members (excludes halogenated alkanes) is 1. The van der Waals surface area contributed by atoms with Crippen molar-refractivity contribution in [3.63, 3.8) is 0 Å². The highest BCUT2D eigenvalue weighted by molar-refractivity contribution is 9.10. The Labute approximate surface area is 234 Å². The average Bonchev–Trinajstić information content (AvgIpc) is 3.42. The molecule has 15 heteroatoms. The fourth-order valence-electron chi connectivity index (χ4n) is 4.21. The van der Waals surface area contributed by atoms with Crippen molar-refractivity contribution in [1.29, 1.82) is 0 Å². The summed E-state index contributed by atoms with van der Waals surface area (Å²) in [6.45, 7) is 7.64. The van der Waals surface area contributed by atoms with Crippen LogP contribution in [0.3, 0.4) is 0 Å². The maximum absolute atomic E-state index is 12.5. The summed E-state index contributed by atoms with van der Waals surface area (Å²) < 4.78 is 9.81. The molecule has 0 amide bonds.